The SMILES string of the molecule is COCC[O][Al-]([OH])([OH])[O]CCOC.[Na+]. The first-order valence-electron chi connectivity index (χ1n) is 3.96. The molecule has 0 saturated heterocycles. The summed E-state index contributed by atoms with van der Waals surface area (Å²) in [5.74, 6) is 0. The van der Waals surface area contributed by atoms with Gasteiger partial charge in [0.05, 0.1) is 13.2 Å². The number of ether oxygens (including phenoxy) is 2. The molecule has 14 heavy (non-hydrogen) atoms. The van der Waals surface area contributed by atoms with Crippen LogP contribution in [-0.2, 0) is 17.1 Å². The van der Waals surface area contributed by atoms with E-state index in [2.05, 4.69) is 9.47 Å². The summed E-state index contributed by atoms with van der Waals surface area (Å²) in [6.45, 7) is 0.829. The van der Waals surface area contributed by atoms with E-state index in [1.54, 1.807) is 0 Å². The third kappa shape index (κ3) is 11.4. The summed E-state index contributed by atoms with van der Waals surface area (Å²) in [6, 6.07) is 0. The summed E-state index contributed by atoms with van der Waals surface area (Å²) in [5.41, 5.74) is 0. The van der Waals surface area contributed by atoms with Crippen molar-refractivity contribution < 1.29 is 54.9 Å². The van der Waals surface area contributed by atoms with E-state index in [1.165, 1.54) is 14.2 Å². The molecule has 0 bridgehead atoms. The number of hydrogen-bond donors (Lipinski definition) is 2. The largest absolute Gasteiger partial charge is 1.00 e. The van der Waals surface area contributed by atoms with E-state index in [-0.39, 0.29) is 42.8 Å². The molecule has 0 amide bonds. The van der Waals surface area contributed by atoms with Crippen LogP contribution in [-0.4, -0.2) is 63.4 Å². The van der Waals surface area contributed by atoms with Crippen molar-refractivity contribution in [2.24, 2.45) is 0 Å². The molecule has 0 aromatic heterocycles. The minimum Gasteiger partial charge on any atom is -0.602 e. The molecule has 80 valence electrons. The van der Waals surface area contributed by atoms with Gasteiger partial charge in [-0.05, 0) is 0 Å². The molecule has 0 aliphatic rings. The molecule has 0 saturated carbocycles. The van der Waals surface area contributed by atoms with Crippen LogP contribution in [0.3, 0.4) is 0 Å². The Kier molecular flexibility index (Phi) is 13.6. The Balaban J connectivity index is 0. The first kappa shape index (κ1) is 17.7. The second-order valence-electron chi connectivity index (χ2n) is 2.36. The Morgan fingerprint density at radius 2 is 1.21 bits per heavy atom. The van der Waals surface area contributed by atoms with Gasteiger partial charge in [0.1, 0.15) is 0 Å². The first-order chi connectivity index (χ1) is 6.12. The predicted octanol–water partition coefficient (Wildman–Crippen LogP) is -4.26. The first-order valence-corrected chi connectivity index (χ1v) is 5.93. The zero-order chi connectivity index (χ0) is 10.2. The summed E-state index contributed by atoms with van der Waals surface area (Å²) < 4.78 is 37.0. The molecule has 0 atom stereocenters. The Bertz CT molecular complexity index is 113. The minimum atomic E-state index is -4.21. The van der Waals surface area contributed by atoms with E-state index in [4.69, 9.17) is 15.9 Å². The molecule has 0 heterocycles. The summed E-state index contributed by atoms with van der Waals surface area (Å²) >= 11 is -4.21. The van der Waals surface area contributed by atoms with E-state index in [0.717, 1.165) is 0 Å². The average molecular weight is 234 g/mol. The molecule has 2 N–H and O–H groups in total. The molecule has 0 spiro atoms. The van der Waals surface area contributed by atoms with Gasteiger partial charge in [-0.3, -0.25) is 0 Å². The molecule has 0 radical (unpaired) electrons. The van der Waals surface area contributed by atoms with Crippen molar-refractivity contribution in [3.63, 3.8) is 0 Å². The van der Waals surface area contributed by atoms with Crippen LogP contribution in [0.5, 0.6) is 0 Å². The van der Waals surface area contributed by atoms with Crippen molar-refractivity contribution in [2.45, 2.75) is 0 Å². The monoisotopic (exact) mass is 234 g/mol. The van der Waals surface area contributed by atoms with Crippen LogP contribution in [0.2, 0.25) is 0 Å². The Labute approximate surface area is 109 Å². The van der Waals surface area contributed by atoms with Crippen LogP contribution in [0.15, 0.2) is 0 Å². The van der Waals surface area contributed by atoms with Crippen molar-refractivity contribution in [1.82, 2.24) is 0 Å². The van der Waals surface area contributed by atoms with Crippen molar-refractivity contribution in [3.8, 4) is 0 Å². The second-order valence-corrected chi connectivity index (χ2v) is 4.29. The van der Waals surface area contributed by atoms with Gasteiger partial charge in [0.2, 0.25) is 0 Å². The van der Waals surface area contributed by atoms with E-state index in [0.29, 0.717) is 13.2 Å². The maximum Gasteiger partial charge on any atom is 1.00 e. The van der Waals surface area contributed by atoms with Gasteiger partial charge >= 0.3 is 44.0 Å². The molecule has 6 nitrogen and oxygen atoms in total. The normalized spacial score (nSPS) is 11.1. The fourth-order valence-corrected chi connectivity index (χ4v) is 1.52. The molecule has 0 aromatic carbocycles. The molecular formula is C6H16AlNaO6. The number of rotatable bonds is 8. The molecule has 0 aliphatic carbocycles. The fraction of sp³-hybridized carbons (Fsp3) is 1.00. The zero-order valence-electron chi connectivity index (χ0n) is 8.93. The van der Waals surface area contributed by atoms with Gasteiger partial charge in [0, 0.05) is 27.4 Å². The van der Waals surface area contributed by atoms with Crippen LogP contribution in [0.1, 0.15) is 0 Å². The standard InChI is InChI=1S/2C3H7O2.Al.Na.2H2O/c2*1-5-3-2-4;;;;/h2*2-3H2,1H3;;;2*1H2/q2*-1;+3;+1;;/p-2. The third-order valence-electron chi connectivity index (χ3n) is 1.24. The maximum atomic E-state index is 9.13. The summed E-state index contributed by atoms with van der Waals surface area (Å²) in [7, 11) is 2.99. The van der Waals surface area contributed by atoms with Crippen molar-refractivity contribution in [1.29, 1.82) is 0 Å². The molecule has 0 aromatic rings. The molecule has 0 aliphatic heterocycles. The number of hydrogen-bond acceptors (Lipinski definition) is 6. The van der Waals surface area contributed by atoms with Crippen molar-refractivity contribution in [3.05, 3.63) is 0 Å². The molecule has 0 rings (SSSR count). The Hall–Kier alpha value is 1.29. The topological polar surface area (TPSA) is 77.4 Å². The average Bonchev–Trinajstić information content (AvgIpc) is 2.05. The maximum absolute atomic E-state index is 9.13. The minimum absolute atomic E-state index is 0. The third-order valence-corrected chi connectivity index (χ3v) is 2.58. The van der Waals surface area contributed by atoms with Crippen LogP contribution in [0, 0.1) is 0 Å². The van der Waals surface area contributed by atoms with Gasteiger partial charge in [0.15, 0.2) is 0 Å². The van der Waals surface area contributed by atoms with E-state index in [9.17, 15) is 0 Å². The summed E-state index contributed by atoms with van der Waals surface area (Å²) in [6.07, 6.45) is 0. The molecule has 0 fully saturated rings. The van der Waals surface area contributed by atoms with Gasteiger partial charge < -0.3 is 25.4 Å². The van der Waals surface area contributed by atoms with Gasteiger partial charge in [-0.25, -0.2) is 0 Å². The fourth-order valence-electron chi connectivity index (χ4n) is 0.618. The summed E-state index contributed by atoms with van der Waals surface area (Å²) in [4.78, 5) is 0. The van der Waals surface area contributed by atoms with Crippen molar-refractivity contribution >= 4 is 14.4 Å². The van der Waals surface area contributed by atoms with Crippen LogP contribution in [0.4, 0.5) is 0 Å². The smallest absolute Gasteiger partial charge is 0.602 e. The molecule has 0 unspecified atom stereocenters. The second kappa shape index (κ2) is 10.8. The Morgan fingerprint density at radius 3 is 1.50 bits per heavy atom. The van der Waals surface area contributed by atoms with Gasteiger partial charge in [-0.1, -0.05) is 0 Å². The van der Waals surface area contributed by atoms with Gasteiger partial charge in [-0.15, -0.1) is 0 Å². The van der Waals surface area contributed by atoms with Crippen molar-refractivity contribution in [2.75, 3.05) is 40.6 Å². The molecular weight excluding hydrogens is 218 g/mol. The van der Waals surface area contributed by atoms with E-state index < -0.39 is 14.4 Å². The molecule has 8 heteroatoms. The van der Waals surface area contributed by atoms with E-state index in [1.807, 2.05) is 0 Å². The zero-order valence-corrected chi connectivity index (χ0v) is 12.1. The Morgan fingerprint density at radius 1 is 0.857 bits per heavy atom. The van der Waals surface area contributed by atoms with Gasteiger partial charge in [0.25, 0.3) is 0 Å². The quantitative estimate of drug-likeness (QED) is 0.327. The van der Waals surface area contributed by atoms with Crippen LogP contribution < -0.4 is 29.6 Å². The van der Waals surface area contributed by atoms with Crippen LogP contribution >= 0.6 is 0 Å². The number of methoxy groups -OCH3 is 2. The predicted molar refractivity (Wildman–Crippen MR) is 45.8 cm³/mol. The summed E-state index contributed by atoms with van der Waals surface area (Å²) in [5, 5.41) is 0. The van der Waals surface area contributed by atoms with Gasteiger partial charge in [-0.2, -0.15) is 0 Å². The van der Waals surface area contributed by atoms with Crippen LogP contribution in [0.25, 0.3) is 0 Å². The van der Waals surface area contributed by atoms with E-state index >= 15 is 0 Å².